The Morgan fingerprint density at radius 1 is 1.44 bits per heavy atom. The van der Waals surface area contributed by atoms with Gasteiger partial charge in [-0.1, -0.05) is 0 Å². The molecule has 1 aliphatic rings. The summed E-state index contributed by atoms with van der Waals surface area (Å²) >= 11 is 0. The van der Waals surface area contributed by atoms with Crippen LogP contribution in [0, 0.1) is 0 Å². The molecule has 1 aromatic heterocycles. The van der Waals surface area contributed by atoms with Gasteiger partial charge in [-0.2, -0.15) is 0 Å². The van der Waals surface area contributed by atoms with Crippen LogP contribution in [-0.2, 0) is 16.1 Å². The molecule has 0 spiro atoms. The second kappa shape index (κ2) is 4.26. The number of amides is 2. The number of rotatable bonds is 2. The van der Waals surface area contributed by atoms with E-state index in [1.807, 2.05) is 0 Å². The van der Waals surface area contributed by atoms with Crippen molar-refractivity contribution in [3.05, 3.63) is 24.3 Å². The van der Waals surface area contributed by atoms with Gasteiger partial charge in [-0.05, 0) is 13.0 Å². The predicted octanol–water partition coefficient (Wildman–Crippen LogP) is -0.677. The lowest BCUT2D eigenvalue weighted by Crippen LogP contribution is -2.56. The average Bonchev–Trinajstić information content (AvgIpc) is 2.27. The fourth-order valence-corrected chi connectivity index (χ4v) is 1.59. The van der Waals surface area contributed by atoms with E-state index in [1.165, 1.54) is 4.90 Å². The summed E-state index contributed by atoms with van der Waals surface area (Å²) in [5.74, 6) is 0.285. The van der Waals surface area contributed by atoms with Crippen molar-refractivity contribution in [2.24, 2.45) is 0 Å². The number of hydrogen-bond donors (Lipinski definition) is 1. The monoisotopic (exact) mass is 220 g/mol. The second-order valence-electron chi connectivity index (χ2n) is 3.65. The van der Waals surface area contributed by atoms with Gasteiger partial charge in [0.15, 0.2) is 0 Å². The van der Waals surface area contributed by atoms with Gasteiger partial charge in [-0.3, -0.25) is 9.59 Å². The largest absolute Gasteiger partial charge is 0.343 e. The Balaban J connectivity index is 2.09. The van der Waals surface area contributed by atoms with Crippen LogP contribution in [0.5, 0.6) is 0 Å². The maximum Gasteiger partial charge on any atom is 0.245 e. The average molecular weight is 220 g/mol. The fourth-order valence-electron chi connectivity index (χ4n) is 1.59. The lowest BCUT2D eigenvalue weighted by Gasteiger charge is -2.30. The smallest absolute Gasteiger partial charge is 0.245 e. The number of piperazine rings is 1. The third-order valence-electron chi connectivity index (χ3n) is 2.35. The topological polar surface area (TPSA) is 75.2 Å². The van der Waals surface area contributed by atoms with Crippen molar-refractivity contribution in [1.82, 2.24) is 20.2 Å². The van der Waals surface area contributed by atoms with E-state index in [1.54, 1.807) is 25.4 Å². The van der Waals surface area contributed by atoms with Gasteiger partial charge in [0.1, 0.15) is 18.4 Å². The summed E-state index contributed by atoms with van der Waals surface area (Å²) in [5, 5.41) is 2.57. The van der Waals surface area contributed by atoms with Gasteiger partial charge in [0.2, 0.25) is 11.8 Å². The minimum Gasteiger partial charge on any atom is -0.343 e. The van der Waals surface area contributed by atoms with Crippen molar-refractivity contribution in [3.63, 3.8) is 0 Å². The minimum absolute atomic E-state index is 0.0709. The minimum atomic E-state index is -0.468. The van der Waals surface area contributed by atoms with Crippen LogP contribution in [0.4, 0.5) is 0 Å². The lowest BCUT2D eigenvalue weighted by molar-refractivity contribution is -0.144. The second-order valence-corrected chi connectivity index (χ2v) is 3.65. The molecular weight excluding hydrogens is 208 g/mol. The van der Waals surface area contributed by atoms with E-state index in [0.717, 1.165) is 0 Å². The van der Waals surface area contributed by atoms with Gasteiger partial charge in [0.05, 0.1) is 6.54 Å². The van der Waals surface area contributed by atoms with Crippen molar-refractivity contribution in [2.45, 2.75) is 19.5 Å². The first-order valence-electron chi connectivity index (χ1n) is 5.01. The van der Waals surface area contributed by atoms with Crippen molar-refractivity contribution in [1.29, 1.82) is 0 Å². The number of carbonyl (C=O) groups excluding carboxylic acids is 2. The van der Waals surface area contributed by atoms with Gasteiger partial charge >= 0.3 is 0 Å². The molecule has 1 N–H and O–H groups in total. The van der Waals surface area contributed by atoms with Gasteiger partial charge in [0, 0.05) is 12.4 Å². The van der Waals surface area contributed by atoms with E-state index in [4.69, 9.17) is 0 Å². The summed E-state index contributed by atoms with van der Waals surface area (Å²) in [6.45, 7) is 2.01. The zero-order chi connectivity index (χ0) is 11.5. The Labute approximate surface area is 92.7 Å². The van der Waals surface area contributed by atoms with Crippen LogP contribution < -0.4 is 5.32 Å². The van der Waals surface area contributed by atoms with Gasteiger partial charge < -0.3 is 10.2 Å². The first-order valence-corrected chi connectivity index (χ1v) is 5.01. The van der Waals surface area contributed by atoms with E-state index < -0.39 is 6.04 Å². The maximum absolute atomic E-state index is 11.7. The molecular formula is C10H12N4O2. The van der Waals surface area contributed by atoms with Crippen molar-refractivity contribution >= 4 is 11.8 Å². The molecule has 0 radical (unpaired) electrons. The summed E-state index contributed by atoms with van der Waals surface area (Å²) in [6.07, 6.45) is 3.22. The van der Waals surface area contributed by atoms with E-state index in [2.05, 4.69) is 15.3 Å². The zero-order valence-corrected chi connectivity index (χ0v) is 8.88. The Bertz CT molecular complexity index is 407. The Kier molecular flexibility index (Phi) is 2.80. The van der Waals surface area contributed by atoms with Crippen LogP contribution in [-0.4, -0.2) is 39.3 Å². The summed E-state index contributed by atoms with van der Waals surface area (Å²) in [6, 6.07) is 1.24. The number of hydrogen-bond acceptors (Lipinski definition) is 4. The fraction of sp³-hybridized carbons (Fsp3) is 0.400. The van der Waals surface area contributed by atoms with Crippen LogP contribution >= 0.6 is 0 Å². The SMILES string of the molecule is CC1NC(=O)CN(Cc2ncccn2)C1=O. The summed E-state index contributed by atoms with van der Waals surface area (Å²) < 4.78 is 0. The molecule has 2 amide bonds. The molecule has 1 unspecified atom stereocenters. The molecule has 0 bridgehead atoms. The highest BCUT2D eigenvalue weighted by atomic mass is 16.2. The van der Waals surface area contributed by atoms with Crippen molar-refractivity contribution in [2.75, 3.05) is 6.54 Å². The van der Waals surface area contributed by atoms with E-state index in [0.29, 0.717) is 5.82 Å². The highest BCUT2D eigenvalue weighted by Crippen LogP contribution is 2.05. The van der Waals surface area contributed by atoms with Crippen molar-refractivity contribution in [3.8, 4) is 0 Å². The highest BCUT2D eigenvalue weighted by Gasteiger charge is 2.29. The van der Waals surface area contributed by atoms with Crippen LogP contribution in [0.25, 0.3) is 0 Å². The molecule has 1 aromatic rings. The number of carbonyl (C=O) groups is 2. The van der Waals surface area contributed by atoms with E-state index >= 15 is 0 Å². The Hall–Kier alpha value is -1.98. The molecule has 16 heavy (non-hydrogen) atoms. The quantitative estimate of drug-likeness (QED) is 0.716. The molecule has 1 fully saturated rings. The van der Waals surface area contributed by atoms with E-state index in [-0.39, 0.29) is 24.9 Å². The summed E-state index contributed by atoms with van der Waals surface area (Å²) in [4.78, 5) is 32.5. The molecule has 0 aliphatic carbocycles. The summed E-state index contributed by atoms with van der Waals surface area (Å²) in [5.41, 5.74) is 0. The summed E-state index contributed by atoms with van der Waals surface area (Å²) in [7, 11) is 0. The molecule has 84 valence electrons. The first-order chi connectivity index (χ1) is 7.66. The number of aromatic nitrogens is 2. The van der Waals surface area contributed by atoms with Gasteiger partial charge in [-0.15, -0.1) is 0 Å². The first kappa shape index (κ1) is 10.5. The lowest BCUT2D eigenvalue weighted by atomic mass is 10.2. The normalized spacial score (nSPS) is 20.8. The zero-order valence-electron chi connectivity index (χ0n) is 8.88. The molecule has 0 saturated carbocycles. The molecule has 1 atom stereocenters. The Morgan fingerprint density at radius 2 is 2.12 bits per heavy atom. The molecule has 6 heteroatoms. The van der Waals surface area contributed by atoms with Gasteiger partial charge in [0.25, 0.3) is 0 Å². The third kappa shape index (κ3) is 2.16. The number of nitrogens with zero attached hydrogens (tertiary/aromatic N) is 3. The molecule has 6 nitrogen and oxygen atoms in total. The molecule has 1 saturated heterocycles. The standard InChI is InChI=1S/C10H12N4O2/c1-7-10(16)14(6-9(15)13-7)5-8-11-3-2-4-12-8/h2-4,7H,5-6H2,1H3,(H,13,15). The van der Waals surface area contributed by atoms with E-state index in [9.17, 15) is 9.59 Å². The Morgan fingerprint density at radius 3 is 2.81 bits per heavy atom. The predicted molar refractivity (Wildman–Crippen MR) is 55.1 cm³/mol. The van der Waals surface area contributed by atoms with Gasteiger partial charge in [-0.25, -0.2) is 9.97 Å². The molecule has 1 aliphatic heterocycles. The highest BCUT2D eigenvalue weighted by molar-refractivity contribution is 5.94. The van der Waals surface area contributed by atoms with Crippen LogP contribution in [0.1, 0.15) is 12.7 Å². The molecule has 2 rings (SSSR count). The molecule has 0 aromatic carbocycles. The number of nitrogens with one attached hydrogen (secondary N) is 1. The molecule has 2 heterocycles. The van der Waals surface area contributed by atoms with Crippen LogP contribution in [0.3, 0.4) is 0 Å². The third-order valence-corrected chi connectivity index (χ3v) is 2.35. The van der Waals surface area contributed by atoms with Crippen LogP contribution in [0.2, 0.25) is 0 Å². The van der Waals surface area contributed by atoms with Crippen LogP contribution in [0.15, 0.2) is 18.5 Å². The van der Waals surface area contributed by atoms with Crippen molar-refractivity contribution < 1.29 is 9.59 Å². The maximum atomic E-state index is 11.7.